The Kier molecular flexibility index (Phi) is 6.63. The van der Waals surface area contributed by atoms with Crippen molar-refractivity contribution in [2.24, 2.45) is 5.73 Å². The maximum Gasteiger partial charge on any atom is 0.240 e. The van der Waals surface area contributed by atoms with Gasteiger partial charge in [-0.25, -0.2) is 4.98 Å². The van der Waals surface area contributed by atoms with Crippen LogP contribution < -0.4 is 15.8 Å². The van der Waals surface area contributed by atoms with Gasteiger partial charge in [-0.2, -0.15) is 5.26 Å². The van der Waals surface area contributed by atoms with Gasteiger partial charge in [0.15, 0.2) is 0 Å². The predicted octanol–water partition coefficient (Wildman–Crippen LogP) is 4.00. The van der Waals surface area contributed by atoms with E-state index in [4.69, 9.17) is 10.5 Å². The monoisotopic (exact) mass is 427 g/mol. The molecule has 7 heteroatoms. The molecule has 1 aliphatic heterocycles. The fourth-order valence-corrected chi connectivity index (χ4v) is 3.74. The highest BCUT2D eigenvalue weighted by molar-refractivity contribution is 5.82. The van der Waals surface area contributed by atoms with E-state index in [-0.39, 0.29) is 11.9 Å². The lowest BCUT2D eigenvalue weighted by Gasteiger charge is -2.23. The van der Waals surface area contributed by atoms with E-state index in [2.05, 4.69) is 16.4 Å². The standard InChI is InChI=1S/C25H25N5O2/c26-17-20-4-3-15-30(20)25(31)23(27)16-18-6-10-21(11-7-18)32-22-12-8-19(9-13-22)29-24-5-1-2-14-28-24/h1-2,5-14,20,23H,3-4,15-16,27H2,(H,28,29)/t20-,23-/m0/s1. The topological polar surface area (TPSA) is 104 Å². The maximum absolute atomic E-state index is 12.6. The summed E-state index contributed by atoms with van der Waals surface area (Å²) in [4.78, 5) is 18.4. The second-order valence-corrected chi connectivity index (χ2v) is 7.74. The molecule has 162 valence electrons. The Balaban J connectivity index is 1.32. The first-order valence-electron chi connectivity index (χ1n) is 10.6. The first kappa shape index (κ1) is 21.3. The van der Waals surface area contributed by atoms with Crippen molar-refractivity contribution in [2.75, 3.05) is 11.9 Å². The van der Waals surface area contributed by atoms with Crippen LogP contribution in [0, 0.1) is 11.3 Å². The van der Waals surface area contributed by atoms with Crippen molar-refractivity contribution in [3.8, 4) is 17.6 Å². The number of nitrogens with zero attached hydrogens (tertiary/aromatic N) is 3. The predicted molar refractivity (Wildman–Crippen MR) is 123 cm³/mol. The summed E-state index contributed by atoms with van der Waals surface area (Å²) in [6, 6.07) is 22.0. The van der Waals surface area contributed by atoms with E-state index in [1.54, 1.807) is 11.1 Å². The first-order valence-corrected chi connectivity index (χ1v) is 10.6. The Morgan fingerprint density at radius 2 is 1.88 bits per heavy atom. The molecule has 2 aromatic carbocycles. The van der Waals surface area contributed by atoms with E-state index in [0.29, 0.717) is 24.5 Å². The van der Waals surface area contributed by atoms with Gasteiger partial charge in [-0.1, -0.05) is 18.2 Å². The van der Waals surface area contributed by atoms with Gasteiger partial charge in [-0.3, -0.25) is 4.79 Å². The molecule has 1 amide bonds. The number of hydrogen-bond acceptors (Lipinski definition) is 6. The third kappa shape index (κ3) is 5.23. The number of rotatable bonds is 7. The van der Waals surface area contributed by atoms with Crippen LogP contribution in [-0.2, 0) is 11.2 Å². The van der Waals surface area contributed by atoms with E-state index >= 15 is 0 Å². The molecule has 3 N–H and O–H groups in total. The lowest BCUT2D eigenvalue weighted by molar-refractivity contribution is -0.132. The molecule has 1 fully saturated rings. The average molecular weight is 428 g/mol. The SMILES string of the molecule is N#C[C@@H]1CCCN1C(=O)[C@@H](N)Cc1ccc(Oc2ccc(Nc3ccccn3)cc2)cc1. The summed E-state index contributed by atoms with van der Waals surface area (Å²) < 4.78 is 5.92. The Labute approximate surface area is 187 Å². The van der Waals surface area contributed by atoms with Crippen molar-refractivity contribution in [1.29, 1.82) is 5.26 Å². The number of hydrogen-bond donors (Lipinski definition) is 2. The van der Waals surface area contributed by atoms with Gasteiger partial charge in [0.25, 0.3) is 0 Å². The van der Waals surface area contributed by atoms with Crippen molar-refractivity contribution in [2.45, 2.75) is 31.3 Å². The molecule has 1 saturated heterocycles. The second-order valence-electron chi connectivity index (χ2n) is 7.74. The summed E-state index contributed by atoms with van der Waals surface area (Å²) in [5, 5.41) is 12.4. The van der Waals surface area contributed by atoms with Gasteiger partial charge in [0.2, 0.25) is 5.91 Å². The molecule has 0 unspecified atom stereocenters. The van der Waals surface area contributed by atoms with Gasteiger partial charge >= 0.3 is 0 Å². The lowest BCUT2D eigenvalue weighted by atomic mass is 10.0. The normalized spacial score (nSPS) is 16.2. The first-order chi connectivity index (χ1) is 15.6. The lowest BCUT2D eigenvalue weighted by Crippen LogP contribution is -2.46. The molecule has 0 aliphatic carbocycles. The van der Waals surface area contributed by atoms with Crippen molar-refractivity contribution in [3.63, 3.8) is 0 Å². The zero-order valence-electron chi connectivity index (χ0n) is 17.6. The minimum atomic E-state index is -0.658. The molecule has 0 radical (unpaired) electrons. The molecule has 1 aromatic heterocycles. The molecule has 0 bridgehead atoms. The summed E-state index contributed by atoms with van der Waals surface area (Å²) in [5.41, 5.74) is 8.00. The Morgan fingerprint density at radius 3 is 2.53 bits per heavy atom. The van der Waals surface area contributed by atoms with Crippen LogP contribution in [0.2, 0.25) is 0 Å². The number of nitrogens with two attached hydrogens (primary N) is 1. The summed E-state index contributed by atoms with van der Waals surface area (Å²) in [5.74, 6) is 2.03. The Morgan fingerprint density at radius 1 is 1.16 bits per heavy atom. The van der Waals surface area contributed by atoms with Crippen LogP contribution in [-0.4, -0.2) is 34.4 Å². The molecule has 3 aromatic rings. The van der Waals surface area contributed by atoms with Crippen molar-refractivity contribution >= 4 is 17.4 Å². The summed E-state index contributed by atoms with van der Waals surface area (Å²) in [6.45, 7) is 0.605. The largest absolute Gasteiger partial charge is 0.457 e. The molecule has 0 spiro atoms. The third-order valence-electron chi connectivity index (χ3n) is 5.41. The second kappa shape index (κ2) is 9.94. The Hall–Kier alpha value is -3.89. The molecular formula is C25H25N5O2. The number of nitrogens with one attached hydrogen (secondary N) is 1. The summed E-state index contributed by atoms with van der Waals surface area (Å²) in [7, 11) is 0. The van der Waals surface area contributed by atoms with E-state index in [9.17, 15) is 10.1 Å². The highest BCUT2D eigenvalue weighted by atomic mass is 16.5. The number of nitriles is 1. The fraction of sp³-hybridized carbons (Fsp3) is 0.240. The van der Waals surface area contributed by atoms with Crippen molar-refractivity contribution < 1.29 is 9.53 Å². The van der Waals surface area contributed by atoms with Gasteiger partial charge in [0, 0.05) is 18.4 Å². The van der Waals surface area contributed by atoms with Gasteiger partial charge in [0.1, 0.15) is 23.4 Å². The van der Waals surface area contributed by atoms with E-state index < -0.39 is 6.04 Å². The highest BCUT2D eigenvalue weighted by Gasteiger charge is 2.31. The number of likely N-dealkylation sites (tertiary alicyclic amines) is 1. The van der Waals surface area contributed by atoms with Crippen LogP contribution in [0.25, 0.3) is 0 Å². The van der Waals surface area contributed by atoms with Crippen LogP contribution in [0.1, 0.15) is 18.4 Å². The molecule has 2 heterocycles. The maximum atomic E-state index is 12.6. The molecule has 0 saturated carbocycles. The Bertz CT molecular complexity index is 1080. The minimum Gasteiger partial charge on any atom is -0.457 e. The number of carbonyl (C=O) groups excluding carboxylic acids is 1. The number of aromatic nitrogens is 1. The van der Waals surface area contributed by atoms with Crippen LogP contribution in [0.4, 0.5) is 11.5 Å². The van der Waals surface area contributed by atoms with E-state index in [1.165, 1.54) is 0 Å². The van der Waals surface area contributed by atoms with Gasteiger partial charge in [0.05, 0.1) is 12.1 Å². The molecule has 1 aliphatic rings. The van der Waals surface area contributed by atoms with Gasteiger partial charge in [-0.05, 0) is 73.4 Å². The molecule has 7 nitrogen and oxygen atoms in total. The van der Waals surface area contributed by atoms with Crippen LogP contribution in [0.15, 0.2) is 72.9 Å². The van der Waals surface area contributed by atoms with Gasteiger partial charge < -0.3 is 20.7 Å². The number of ether oxygens (including phenoxy) is 1. The number of pyridine rings is 1. The highest BCUT2D eigenvalue weighted by Crippen LogP contribution is 2.25. The molecule has 32 heavy (non-hydrogen) atoms. The molecule has 4 rings (SSSR count). The fourth-order valence-electron chi connectivity index (χ4n) is 3.74. The third-order valence-corrected chi connectivity index (χ3v) is 5.41. The minimum absolute atomic E-state index is 0.159. The summed E-state index contributed by atoms with van der Waals surface area (Å²) >= 11 is 0. The smallest absolute Gasteiger partial charge is 0.240 e. The zero-order chi connectivity index (χ0) is 22.3. The quantitative estimate of drug-likeness (QED) is 0.591. The van der Waals surface area contributed by atoms with Gasteiger partial charge in [-0.15, -0.1) is 0 Å². The number of benzene rings is 2. The van der Waals surface area contributed by atoms with Crippen molar-refractivity contribution in [1.82, 2.24) is 9.88 Å². The average Bonchev–Trinajstić information content (AvgIpc) is 3.31. The number of anilines is 2. The van der Waals surface area contributed by atoms with Crippen LogP contribution in [0.3, 0.4) is 0 Å². The van der Waals surface area contributed by atoms with Crippen LogP contribution >= 0.6 is 0 Å². The summed E-state index contributed by atoms with van der Waals surface area (Å²) in [6.07, 6.45) is 3.73. The van der Waals surface area contributed by atoms with E-state index in [1.807, 2.05) is 66.7 Å². The van der Waals surface area contributed by atoms with Crippen LogP contribution in [0.5, 0.6) is 11.5 Å². The molecule has 2 atom stereocenters. The molecular weight excluding hydrogens is 402 g/mol. The zero-order valence-corrected chi connectivity index (χ0v) is 17.6. The number of carbonyl (C=O) groups is 1. The number of amides is 1. The van der Waals surface area contributed by atoms with Crippen molar-refractivity contribution in [3.05, 3.63) is 78.5 Å². The van der Waals surface area contributed by atoms with E-state index in [0.717, 1.165) is 29.9 Å².